The average molecular weight is 314 g/mol. The highest BCUT2D eigenvalue weighted by molar-refractivity contribution is 6.02. The molecule has 7 nitrogen and oxygen atoms in total. The Morgan fingerprint density at radius 3 is 2.74 bits per heavy atom. The average Bonchev–Trinajstić information content (AvgIpc) is 2.56. The summed E-state index contributed by atoms with van der Waals surface area (Å²) in [5.41, 5.74) is 1.56. The first-order valence-electron chi connectivity index (χ1n) is 7.39. The number of hydrogen-bond acceptors (Lipinski definition) is 5. The minimum absolute atomic E-state index is 0.0550. The van der Waals surface area contributed by atoms with Crippen molar-refractivity contribution in [3.05, 3.63) is 58.0 Å². The summed E-state index contributed by atoms with van der Waals surface area (Å²) in [6.07, 6.45) is 0.0550. The van der Waals surface area contributed by atoms with Gasteiger partial charge in [-0.15, -0.1) is 0 Å². The minimum atomic E-state index is -0.373. The van der Waals surface area contributed by atoms with Crippen LogP contribution in [0.2, 0.25) is 0 Å². The monoisotopic (exact) mass is 314 g/mol. The second-order valence-corrected chi connectivity index (χ2v) is 5.50. The molecule has 1 amide bonds. The van der Waals surface area contributed by atoms with Gasteiger partial charge in [-0.2, -0.15) is 5.10 Å². The van der Waals surface area contributed by atoms with Gasteiger partial charge in [-0.3, -0.25) is 9.59 Å². The molecule has 0 radical (unpaired) electrons. The van der Waals surface area contributed by atoms with Crippen molar-refractivity contribution in [1.82, 2.24) is 15.1 Å². The van der Waals surface area contributed by atoms with Crippen molar-refractivity contribution in [3.8, 4) is 0 Å². The zero-order chi connectivity index (χ0) is 16.2. The molecule has 2 N–H and O–H groups in total. The summed E-state index contributed by atoms with van der Waals surface area (Å²) in [5, 5.41) is 8.68. The molecule has 0 spiro atoms. The van der Waals surface area contributed by atoms with E-state index in [9.17, 15) is 9.59 Å². The van der Waals surface area contributed by atoms with Crippen LogP contribution in [0, 0.1) is 0 Å². The number of hydrogen-bond donors (Lipinski definition) is 2. The van der Waals surface area contributed by atoms with Gasteiger partial charge in [-0.05, 0) is 30.8 Å². The number of benzene rings is 1. The predicted molar refractivity (Wildman–Crippen MR) is 85.4 cm³/mol. The van der Waals surface area contributed by atoms with Crippen LogP contribution in [0.15, 0.2) is 41.2 Å². The Morgan fingerprint density at radius 2 is 2.09 bits per heavy atom. The SMILES string of the molecule is CN1CCOC(c2ccc(NC(=O)c3ccc(=O)[nH]n3)cc2)C1. The maximum absolute atomic E-state index is 12.0. The van der Waals surface area contributed by atoms with Crippen molar-refractivity contribution in [2.75, 3.05) is 32.1 Å². The van der Waals surface area contributed by atoms with Crippen LogP contribution in [0.25, 0.3) is 0 Å². The van der Waals surface area contributed by atoms with Crippen molar-refractivity contribution in [3.63, 3.8) is 0 Å². The molecule has 23 heavy (non-hydrogen) atoms. The second-order valence-electron chi connectivity index (χ2n) is 5.50. The molecule has 1 aliphatic rings. The highest BCUT2D eigenvalue weighted by Crippen LogP contribution is 2.23. The maximum Gasteiger partial charge on any atom is 0.276 e. The van der Waals surface area contributed by atoms with E-state index in [4.69, 9.17) is 4.74 Å². The third-order valence-corrected chi connectivity index (χ3v) is 3.72. The van der Waals surface area contributed by atoms with Crippen LogP contribution < -0.4 is 10.9 Å². The summed E-state index contributed by atoms with van der Waals surface area (Å²) in [7, 11) is 2.07. The molecule has 1 unspecified atom stereocenters. The van der Waals surface area contributed by atoms with Gasteiger partial charge in [0.2, 0.25) is 0 Å². The molecule has 1 saturated heterocycles. The fourth-order valence-corrected chi connectivity index (χ4v) is 2.43. The Bertz CT molecular complexity index is 721. The summed E-state index contributed by atoms with van der Waals surface area (Å²) >= 11 is 0. The van der Waals surface area contributed by atoms with Crippen LogP contribution in [-0.2, 0) is 4.74 Å². The fourth-order valence-electron chi connectivity index (χ4n) is 2.43. The van der Waals surface area contributed by atoms with Gasteiger partial charge in [-0.1, -0.05) is 12.1 Å². The van der Waals surface area contributed by atoms with E-state index in [0.717, 1.165) is 25.3 Å². The molecule has 1 aliphatic heterocycles. The number of anilines is 1. The third kappa shape index (κ3) is 3.82. The topological polar surface area (TPSA) is 87.3 Å². The van der Waals surface area contributed by atoms with Gasteiger partial charge in [0.15, 0.2) is 0 Å². The predicted octanol–water partition coefficient (Wildman–Crippen LogP) is 1.03. The van der Waals surface area contributed by atoms with E-state index >= 15 is 0 Å². The van der Waals surface area contributed by atoms with E-state index in [0.29, 0.717) is 5.69 Å². The number of amides is 1. The summed E-state index contributed by atoms with van der Waals surface area (Å²) in [6, 6.07) is 10.2. The second kappa shape index (κ2) is 6.72. The van der Waals surface area contributed by atoms with Crippen molar-refractivity contribution in [2.24, 2.45) is 0 Å². The van der Waals surface area contributed by atoms with E-state index < -0.39 is 0 Å². The van der Waals surface area contributed by atoms with Crippen LogP contribution in [0.3, 0.4) is 0 Å². The first-order chi connectivity index (χ1) is 11.1. The number of nitrogens with one attached hydrogen (secondary N) is 2. The molecule has 7 heteroatoms. The van der Waals surface area contributed by atoms with Gasteiger partial charge in [0, 0.05) is 24.8 Å². The van der Waals surface area contributed by atoms with E-state index in [-0.39, 0.29) is 23.3 Å². The number of likely N-dealkylation sites (N-methyl/N-ethyl adjacent to an activating group) is 1. The quantitative estimate of drug-likeness (QED) is 0.883. The van der Waals surface area contributed by atoms with Crippen molar-refractivity contribution < 1.29 is 9.53 Å². The molecule has 1 aromatic carbocycles. The lowest BCUT2D eigenvalue weighted by atomic mass is 10.1. The lowest BCUT2D eigenvalue weighted by Gasteiger charge is -2.30. The van der Waals surface area contributed by atoms with Crippen molar-refractivity contribution in [1.29, 1.82) is 0 Å². The van der Waals surface area contributed by atoms with Crippen molar-refractivity contribution >= 4 is 11.6 Å². The highest BCUT2D eigenvalue weighted by Gasteiger charge is 2.19. The van der Waals surface area contributed by atoms with Crippen LogP contribution in [-0.4, -0.2) is 47.7 Å². The Labute approximate surface area is 133 Å². The molecular weight excluding hydrogens is 296 g/mol. The molecule has 2 aromatic rings. The summed E-state index contributed by atoms with van der Waals surface area (Å²) in [6.45, 7) is 2.52. The van der Waals surface area contributed by atoms with Crippen molar-refractivity contribution in [2.45, 2.75) is 6.10 Å². The largest absolute Gasteiger partial charge is 0.371 e. The first kappa shape index (κ1) is 15.4. The van der Waals surface area contributed by atoms with Crippen LogP contribution in [0.1, 0.15) is 22.2 Å². The molecule has 0 saturated carbocycles. The van der Waals surface area contributed by atoms with Gasteiger partial charge in [0.1, 0.15) is 5.69 Å². The first-order valence-corrected chi connectivity index (χ1v) is 7.39. The lowest BCUT2D eigenvalue weighted by Crippen LogP contribution is -2.35. The minimum Gasteiger partial charge on any atom is -0.371 e. The normalized spacial score (nSPS) is 18.6. The summed E-state index contributed by atoms with van der Waals surface area (Å²) < 4.78 is 5.76. The number of aromatic amines is 1. The number of morpholine rings is 1. The van der Waals surface area contributed by atoms with Crippen LogP contribution in [0.5, 0.6) is 0 Å². The van der Waals surface area contributed by atoms with E-state index in [1.54, 1.807) is 0 Å². The van der Waals surface area contributed by atoms with Gasteiger partial charge in [-0.25, -0.2) is 5.10 Å². The number of H-pyrrole nitrogens is 1. The lowest BCUT2D eigenvalue weighted by molar-refractivity contribution is -0.0208. The van der Waals surface area contributed by atoms with E-state index in [1.165, 1.54) is 12.1 Å². The molecule has 0 aliphatic carbocycles. The molecule has 0 bridgehead atoms. The van der Waals surface area contributed by atoms with Gasteiger partial charge < -0.3 is 15.0 Å². The maximum atomic E-state index is 12.0. The number of carbonyl (C=O) groups excluding carboxylic acids is 1. The van der Waals surface area contributed by atoms with Gasteiger partial charge in [0.05, 0.1) is 12.7 Å². The molecular formula is C16H18N4O3. The number of nitrogens with zero attached hydrogens (tertiary/aromatic N) is 2. The molecule has 120 valence electrons. The zero-order valence-electron chi connectivity index (χ0n) is 12.8. The number of carbonyl (C=O) groups is 1. The van der Waals surface area contributed by atoms with Gasteiger partial charge in [0.25, 0.3) is 11.5 Å². The standard InChI is InChI=1S/C16H18N4O3/c1-20-8-9-23-14(10-20)11-2-4-12(5-3-11)17-16(22)13-6-7-15(21)19-18-13/h2-7,14H,8-10H2,1H3,(H,17,22)(H,19,21). The number of ether oxygens (including phenoxy) is 1. The smallest absolute Gasteiger partial charge is 0.276 e. The summed E-state index contributed by atoms with van der Waals surface area (Å²) in [4.78, 5) is 25.2. The Balaban J connectivity index is 1.66. The van der Waals surface area contributed by atoms with E-state index in [1.807, 2.05) is 24.3 Å². The molecule has 3 rings (SSSR count). The zero-order valence-corrected chi connectivity index (χ0v) is 12.8. The Kier molecular flexibility index (Phi) is 4.50. The summed E-state index contributed by atoms with van der Waals surface area (Å²) in [5.74, 6) is -0.373. The van der Waals surface area contributed by atoms with E-state index in [2.05, 4.69) is 27.5 Å². The third-order valence-electron chi connectivity index (χ3n) is 3.72. The van der Waals surface area contributed by atoms with Gasteiger partial charge >= 0.3 is 0 Å². The van der Waals surface area contributed by atoms with Crippen LogP contribution in [0.4, 0.5) is 5.69 Å². The molecule has 1 fully saturated rings. The molecule has 2 heterocycles. The Hall–Kier alpha value is -2.51. The molecule has 1 aromatic heterocycles. The molecule has 1 atom stereocenters. The highest BCUT2D eigenvalue weighted by atomic mass is 16.5. The Morgan fingerprint density at radius 1 is 1.30 bits per heavy atom. The number of aromatic nitrogens is 2. The fraction of sp³-hybridized carbons (Fsp3) is 0.312. The number of rotatable bonds is 3. The van der Waals surface area contributed by atoms with Crippen LogP contribution >= 0.6 is 0 Å².